The first-order chi connectivity index (χ1) is 15.6. The standard InChI is InChI=1S/C28H31NO2S2/c1-6-20-28(32-25-10-8-7-9-11-25,24-16-14-23(15-17-24)27(3,4)5)21-29-33(30,31)26-18-12-22(2)13-19-26/h6-19,21H,1,20H2,2-5H3/b29-21+. The second-order valence-electron chi connectivity index (χ2n) is 9.15. The second-order valence-corrected chi connectivity index (χ2v) is 12.2. The van der Waals surface area contributed by atoms with E-state index in [0.29, 0.717) is 6.42 Å². The van der Waals surface area contributed by atoms with E-state index >= 15 is 0 Å². The molecule has 0 aliphatic rings. The molecule has 3 aromatic carbocycles. The average Bonchev–Trinajstić information content (AvgIpc) is 2.78. The number of rotatable bonds is 8. The Morgan fingerprint density at radius 1 is 0.879 bits per heavy atom. The number of sulfonamides is 1. The molecule has 0 N–H and O–H groups in total. The zero-order valence-corrected chi connectivity index (χ0v) is 21.3. The molecule has 0 aromatic heterocycles. The van der Waals surface area contributed by atoms with Crippen LogP contribution in [0.15, 0.2) is 106 Å². The Kier molecular flexibility index (Phi) is 7.65. The van der Waals surface area contributed by atoms with Crippen LogP contribution in [0.2, 0.25) is 0 Å². The number of hydrogen-bond donors (Lipinski definition) is 0. The summed E-state index contributed by atoms with van der Waals surface area (Å²) < 4.78 is 29.5. The summed E-state index contributed by atoms with van der Waals surface area (Å²) in [5.74, 6) is 0. The van der Waals surface area contributed by atoms with E-state index in [1.165, 1.54) is 5.56 Å². The van der Waals surface area contributed by atoms with Gasteiger partial charge in [-0.2, -0.15) is 12.8 Å². The Hall–Kier alpha value is -2.63. The summed E-state index contributed by atoms with van der Waals surface area (Å²) >= 11 is 1.58. The van der Waals surface area contributed by atoms with Crippen LogP contribution in [-0.4, -0.2) is 14.6 Å². The SMILES string of the molecule is C=CCC(/C=N/S(=O)(=O)c1ccc(C)cc1)(Sc1ccccc1)c1ccc(C(C)(C)C)cc1. The lowest BCUT2D eigenvalue weighted by Gasteiger charge is -2.30. The van der Waals surface area contributed by atoms with Crippen LogP contribution in [0, 0.1) is 6.92 Å². The Morgan fingerprint density at radius 2 is 1.45 bits per heavy atom. The van der Waals surface area contributed by atoms with Crippen molar-refractivity contribution in [2.75, 3.05) is 0 Å². The number of nitrogens with zero attached hydrogens (tertiary/aromatic N) is 1. The fraction of sp³-hybridized carbons (Fsp3) is 0.250. The monoisotopic (exact) mass is 477 g/mol. The van der Waals surface area contributed by atoms with Crippen molar-refractivity contribution in [3.63, 3.8) is 0 Å². The second kappa shape index (κ2) is 10.1. The molecule has 0 radical (unpaired) electrons. The molecule has 0 spiro atoms. The number of benzene rings is 3. The van der Waals surface area contributed by atoms with E-state index in [1.807, 2.05) is 43.3 Å². The summed E-state index contributed by atoms with van der Waals surface area (Å²) in [7, 11) is -3.84. The van der Waals surface area contributed by atoms with Crippen LogP contribution < -0.4 is 0 Å². The van der Waals surface area contributed by atoms with Gasteiger partial charge in [0, 0.05) is 11.1 Å². The lowest BCUT2D eigenvalue weighted by molar-refractivity contribution is 0.589. The van der Waals surface area contributed by atoms with Gasteiger partial charge >= 0.3 is 0 Å². The molecule has 0 saturated carbocycles. The molecule has 5 heteroatoms. The van der Waals surface area contributed by atoms with Crippen LogP contribution in [0.3, 0.4) is 0 Å². The molecule has 0 amide bonds. The quantitative estimate of drug-likeness (QED) is 0.194. The Morgan fingerprint density at radius 3 is 2.00 bits per heavy atom. The average molecular weight is 478 g/mol. The third kappa shape index (κ3) is 6.24. The van der Waals surface area contributed by atoms with Gasteiger partial charge in [-0.05, 0) is 54.2 Å². The fourth-order valence-electron chi connectivity index (χ4n) is 3.46. The van der Waals surface area contributed by atoms with E-state index in [-0.39, 0.29) is 10.3 Å². The first-order valence-corrected chi connectivity index (χ1v) is 13.2. The molecular formula is C28H31NO2S2. The lowest BCUT2D eigenvalue weighted by Crippen LogP contribution is -2.24. The molecule has 0 bridgehead atoms. The largest absolute Gasteiger partial charge is 0.282 e. The summed E-state index contributed by atoms with van der Waals surface area (Å²) in [6.07, 6.45) is 3.92. The van der Waals surface area contributed by atoms with Gasteiger partial charge in [-0.25, -0.2) is 0 Å². The summed E-state index contributed by atoms with van der Waals surface area (Å²) in [5.41, 5.74) is 3.21. The van der Waals surface area contributed by atoms with Crippen molar-refractivity contribution < 1.29 is 8.42 Å². The maximum atomic E-state index is 13.0. The van der Waals surface area contributed by atoms with Crippen molar-refractivity contribution in [3.8, 4) is 0 Å². The van der Waals surface area contributed by atoms with Crippen molar-refractivity contribution in [2.24, 2.45) is 4.40 Å². The minimum Gasteiger partial charge on any atom is -0.199 e. The lowest BCUT2D eigenvalue weighted by atomic mass is 9.85. The zero-order chi connectivity index (χ0) is 24.1. The maximum absolute atomic E-state index is 13.0. The van der Waals surface area contributed by atoms with Crippen LogP contribution in [0.25, 0.3) is 0 Å². The smallest absolute Gasteiger partial charge is 0.199 e. The molecule has 0 heterocycles. The fourth-order valence-corrected chi connectivity index (χ4v) is 5.72. The van der Waals surface area contributed by atoms with Gasteiger partial charge in [0.05, 0.1) is 9.64 Å². The highest BCUT2D eigenvalue weighted by atomic mass is 32.2. The maximum Gasteiger partial charge on any atom is 0.282 e. The van der Waals surface area contributed by atoms with E-state index in [2.05, 4.69) is 56.0 Å². The summed E-state index contributed by atoms with van der Waals surface area (Å²) in [4.78, 5) is 1.21. The molecule has 0 saturated heterocycles. The first-order valence-electron chi connectivity index (χ1n) is 10.9. The molecule has 0 aliphatic carbocycles. The van der Waals surface area contributed by atoms with E-state index in [1.54, 1.807) is 42.2 Å². The normalized spacial score (nSPS) is 14.2. The summed E-state index contributed by atoms with van der Waals surface area (Å²) in [5, 5.41) is 0. The van der Waals surface area contributed by atoms with Gasteiger partial charge in [0.25, 0.3) is 10.0 Å². The molecule has 1 atom stereocenters. The number of aryl methyl sites for hydroxylation is 1. The van der Waals surface area contributed by atoms with Crippen LogP contribution >= 0.6 is 11.8 Å². The van der Waals surface area contributed by atoms with Crippen molar-refractivity contribution in [1.29, 1.82) is 0 Å². The molecular weight excluding hydrogens is 446 g/mol. The van der Waals surface area contributed by atoms with Crippen molar-refractivity contribution in [2.45, 2.75) is 54.1 Å². The number of allylic oxidation sites excluding steroid dienone is 1. The molecule has 0 fully saturated rings. The minimum atomic E-state index is -3.84. The highest BCUT2D eigenvalue weighted by Gasteiger charge is 2.32. The van der Waals surface area contributed by atoms with Crippen LogP contribution in [0.5, 0.6) is 0 Å². The van der Waals surface area contributed by atoms with Gasteiger partial charge in [0.1, 0.15) is 0 Å². The molecule has 1 unspecified atom stereocenters. The van der Waals surface area contributed by atoms with E-state index < -0.39 is 14.8 Å². The molecule has 0 aliphatic heterocycles. The van der Waals surface area contributed by atoms with Crippen molar-refractivity contribution in [3.05, 3.63) is 108 Å². The molecule has 3 rings (SSSR count). The third-order valence-corrected chi connectivity index (χ3v) is 8.08. The van der Waals surface area contributed by atoms with E-state index in [4.69, 9.17) is 0 Å². The molecule has 3 aromatic rings. The van der Waals surface area contributed by atoms with Gasteiger partial charge in [-0.1, -0.05) is 87.0 Å². The van der Waals surface area contributed by atoms with Gasteiger partial charge in [0.2, 0.25) is 0 Å². The summed E-state index contributed by atoms with van der Waals surface area (Å²) in [6, 6.07) is 25.1. The highest BCUT2D eigenvalue weighted by Crippen LogP contribution is 2.44. The van der Waals surface area contributed by atoms with E-state index in [9.17, 15) is 8.42 Å². The zero-order valence-electron chi connectivity index (χ0n) is 19.7. The third-order valence-electron chi connectivity index (χ3n) is 5.45. The Balaban J connectivity index is 2.11. The van der Waals surface area contributed by atoms with E-state index in [0.717, 1.165) is 16.0 Å². The van der Waals surface area contributed by atoms with Crippen LogP contribution in [0.4, 0.5) is 0 Å². The van der Waals surface area contributed by atoms with Gasteiger partial charge < -0.3 is 0 Å². The number of thioether (sulfide) groups is 1. The predicted molar refractivity (Wildman–Crippen MR) is 141 cm³/mol. The molecule has 3 nitrogen and oxygen atoms in total. The van der Waals surface area contributed by atoms with Gasteiger partial charge in [0.15, 0.2) is 0 Å². The molecule has 33 heavy (non-hydrogen) atoms. The topological polar surface area (TPSA) is 46.5 Å². The predicted octanol–water partition coefficient (Wildman–Crippen LogP) is 7.32. The minimum absolute atomic E-state index is 0.0229. The highest BCUT2D eigenvalue weighted by molar-refractivity contribution is 8.01. The summed E-state index contributed by atoms with van der Waals surface area (Å²) in [6.45, 7) is 12.4. The Bertz CT molecular complexity index is 1210. The van der Waals surface area contributed by atoms with Gasteiger partial charge in [-0.15, -0.1) is 18.3 Å². The van der Waals surface area contributed by atoms with Crippen molar-refractivity contribution in [1.82, 2.24) is 0 Å². The number of hydrogen-bond acceptors (Lipinski definition) is 3. The van der Waals surface area contributed by atoms with Crippen LogP contribution in [0.1, 0.15) is 43.9 Å². The van der Waals surface area contributed by atoms with Crippen LogP contribution in [-0.2, 0) is 20.2 Å². The van der Waals surface area contributed by atoms with Crippen molar-refractivity contribution >= 4 is 28.0 Å². The van der Waals surface area contributed by atoms with Gasteiger partial charge in [-0.3, -0.25) is 0 Å². The first kappa shape index (κ1) is 25.0. The Labute approximate surface area is 202 Å². The molecule has 172 valence electrons.